The molecule has 1 aromatic carbocycles. The van der Waals surface area contributed by atoms with Crippen LogP contribution in [0.2, 0.25) is 0 Å². The van der Waals surface area contributed by atoms with Crippen molar-refractivity contribution in [2.24, 2.45) is 0 Å². The molecule has 1 aliphatic heterocycles. The first-order valence-corrected chi connectivity index (χ1v) is 7.19. The van der Waals surface area contributed by atoms with Crippen LogP contribution >= 0.6 is 12.4 Å². The van der Waals surface area contributed by atoms with Gasteiger partial charge in [0.1, 0.15) is 0 Å². The summed E-state index contributed by atoms with van der Waals surface area (Å²) in [6.45, 7) is 4.37. The number of hydrogen-bond acceptors (Lipinski definition) is 4. The summed E-state index contributed by atoms with van der Waals surface area (Å²) < 4.78 is 5.32. The molecule has 1 atom stereocenters. The Labute approximate surface area is 136 Å². The van der Waals surface area contributed by atoms with Crippen molar-refractivity contribution >= 4 is 29.9 Å². The van der Waals surface area contributed by atoms with Crippen LogP contribution in [-0.2, 0) is 9.53 Å². The van der Waals surface area contributed by atoms with Gasteiger partial charge in [0.2, 0.25) is 5.91 Å². The lowest BCUT2D eigenvalue weighted by molar-refractivity contribution is -0.117. The quantitative estimate of drug-likeness (QED) is 0.758. The third kappa shape index (κ3) is 5.29. The number of amides is 2. The van der Waals surface area contributed by atoms with E-state index in [1.807, 2.05) is 6.92 Å². The molecule has 1 heterocycles. The van der Waals surface area contributed by atoms with Gasteiger partial charge in [-0.2, -0.15) is 0 Å². The fraction of sp³-hybridized carbons (Fsp3) is 0.467. The largest absolute Gasteiger partial charge is 0.378 e. The highest BCUT2D eigenvalue weighted by molar-refractivity contribution is 6.03. The number of hydrogen-bond donors (Lipinski definition) is 3. The van der Waals surface area contributed by atoms with Gasteiger partial charge in [0.15, 0.2) is 0 Å². The predicted octanol–water partition coefficient (Wildman–Crippen LogP) is 1.18. The van der Waals surface area contributed by atoms with Crippen molar-refractivity contribution in [2.45, 2.75) is 19.4 Å². The van der Waals surface area contributed by atoms with Crippen LogP contribution in [0.1, 0.15) is 23.7 Å². The maximum absolute atomic E-state index is 12.1. The van der Waals surface area contributed by atoms with E-state index in [0.29, 0.717) is 37.4 Å². The van der Waals surface area contributed by atoms with Crippen molar-refractivity contribution in [2.75, 3.05) is 31.6 Å². The smallest absolute Gasteiger partial charge is 0.253 e. The normalized spacial score (nSPS) is 17.2. The molecule has 2 amide bonds. The maximum Gasteiger partial charge on any atom is 0.253 e. The summed E-state index contributed by atoms with van der Waals surface area (Å²) in [5.74, 6) is -0.317. The molecular formula is C15H22ClN3O3. The number of halogens is 1. The molecule has 1 fully saturated rings. The highest BCUT2D eigenvalue weighted by Gasteiger charge is 2.18. The lowest BCUT2D eigenvalue weighted by Gasteiger charge is -2.23. The number of carbonyl (C=O) groups is 2. The molecule has 3 N–H and O–H groups in total. The Balaban J connectivity index is 0.00000242. The van der Waals surface area contributed by atoms with E-state index in [1.165, 1.54) is 0 Å². The van der Waals surface area contributed by atoms with E-state index in [-0.39, 0.29) is 30.3 Å². The third-order valence-corrected chi connectivity index (χ3v) is 3.21. The summed E-state index contributed by atoms with van der Waals surface area (Å²) in [7, 11) is 0. The van der Waals surface area contributed by atoms with Gasteiger partial charge < -0.3 is 20.7 Å². The van der Waals surface area contributed by atoms with Gasteiger partial charge in [0.05, 0.1) is 24.5 Å². The Morgan fingerprint density at radius 2 is 2.14 bits per heavy atom. The molecule has 1 aromatic rings. The van der Waals surface area contributed by atoms with Crippen molar-refractivity contribution in [3.63, 3.8) is 0 Å². The molecule has 1 aliphatic rings. The zero-order valence-corrected chi connectivity index (χ0v) is 13.4. The highest BCUT2D eigenvalue weighted by atomic mass is 35.5. The number of morpholine rings is 1. The van der Waals surface area contributed by atoms with Crippen molar-refractivity contribution in [1.82, 2.24) is 10.6 Å². The molecule has 7 heteroatoms. The minimum absolute atomic E-state index is 0. The zero-order valence-electron chi connectivity index (χ0n) is 12.6. The Kier molecular flexibility index (Phi) is 7.87. The van der Waals surface area contributed by atoms with Crippen molar-refractivity contribution < 1.29 is 14.3 Å². The third-order valence-electron chi connectivity index (χ3n) is 3.21. The molecule has 1 saturated heterocycles. The lowest BCUT2D eigenvalue weighted by Crippen LogP contribution is -2.43. The first-order chi connectivity index (χ1) is 10.2. The number of rotatable bonds is 5. The van der Waals surface area contributed by atoms with Gasteiger partial charge in [-0.05, 0) is 19.1 Å². The summed E-state index contributed by atoms with van der Waals surface area (Å²) in [6.07, 6.45) is 0.323. The van der Waals surface area contributed by atoms with Gasteiger partial charge >= 0.3 is 0 Å². The van der Waals surface area contributed by atoms with Gasteiger partial charge in [-0.25, -0.2) is 0 Å². The standard InChI is InChI=1S/C15H21N3O3.ClH/c1-2-16-15(20)12-5-3-4-6-13(12)18-14(19)9-11-10-21-8-7-17-11;/h3-6,11,17H,2,7-10H2,1H3,(H,16,20)(H,18,19);1H. The molecule has 6 nitrogen and oxygen atoms in total. The molecular weight excluding hydrogens is 306 g/mol. The van der Waals surface area contributed by atoms with E-state index < -0.39 is 0 Å². The molecule has 0 spiro atoms. The summed E-state index contributed by atoms with van der Waals surface area (Å²) in [4.78, 5) is 24.0. The van der Waals surface area contributed by atoms with Crippen LogP contribution in [-0.4, -0.2) is 44.2 Å². The molecule has 0 bridgehead atoms. The fourth-order valence-corrected chi connectivity index (χ4v) is 2.22. The molecule has 22 heavy (non-hydrogen) atoms. The van der Waals surface area contributed by atoms with E-state index >= 15 is 0 Å². The van der Waals surface area contributed by atoms with E-state index in [2.05, 4.69) is 16.0 Å². The van der Waals surface area contributed by atoms with Crippen molar-refractivity contribution in [3.05, 3.63) is 29.8 Å². The van der Waals surface area contributed by atoms with Crippen molar-refractivity contribution in [1.29, 1.82) is 0 Å². The molecule has 0 aliphatic carbocycles. The molecule has 2 rings (SSSR count). The summed E-state index contributed by atoms with van der Waals surface area (Å²) >= 11 is 0. The summed E-state index contributed by atoms with van der Waals surface area (Å²) in [5, 5.41) is 8.76. The second-order valence-electron chi connectivity index (χ2n) is 4.88. The number of ether oxygens (including phenoxy) is 1. The monoisotopic (exact) mass is 327 g/mol. The number of benzene rings is 1. The lowest BCUT2D eigenvalue weighted by atomic mass is 10.1. The van der Waals surface area contributed by atoms with Crippen LogP contribution < -0.4 is 16.0 Å². The summed E-state index contributed by atoms with van der Waals surface area (Å²) in [5.41, 5.74) is 1.01. The molecule has 0 saturated carbocycles. The van der Waals surface area contributed by atoms with Crippen molar-refractivity contribution in [3.8, 4) is 0 Å². The van der Waals surface area contributed by atoms with Crippen LogP contribution in [0.4, 0.5) is 5.69 Å². The Morgan fingerprint density at radius 3 is 2.82 bits per heavy atom. The van der Waals surface area contributed by atoms with Crippen LogP contribution in [0.15, 0.2) is 24.3 Å². The second kappa shape index (κ2) is 9.40. The zero-order chi connectivity index (χ0) is 15.1. The Bertz CT molecular complexity index is 505. The average molecular weight is 328 g/mol. The maximum atomic E-state index is 12.1. The SMILES string of the molecule is CCNC(=O)c1ccccc1NC(=O)CC1COCCN1.Cl. The van der Waals surface area contributed by atoms with Crippen LogP contribution in [0.25, 0.3) is 0 Å². The fourth-order valence-electron chi connectivity index (χ4n) is 2.22. The number of carbonyl (C=O) groups excluding carboxylic acids is 2. The first kappa shape index (κ1) is 18.4. The Morgan fingerprint density at radius 1 is 1.36 bits per heavy atom. The summed E-state index contributed by atoms with van der Waals surface area (Å²) in [6, 6.07) is 7.02. The van der Waals surface area contributed by atoms with E-state index in [9.17, 15) is 9.59 Å². The van der Waals surface area contributed by atoms with Gasteiger partial charge in [-0.15, -0.1) is 12.4 Å². The molecule has 122 valence electrons. The second-order valence-corrected chi connectivity index (χ2v) is 4.88. The minimum Gasteiger partial charge on any atom is -0.378 e. The van der Waals surface area contributed by atoms with Crippen LogP contribution in [0.5, 0.6) is 0 Å². The minimum atomic E-state index is -0.187. The number of nitrogens with one attached hydrogen (secondary N) is 3. The van der Waals surface area contributed by atoms with E-state index in [0.717, 1.165) is 6.54 Å². The van der Waals surface area contributed by atoms with Gasteiger partial charge in [-0.1, -0.05) is 12.1 Å². The highest BCUT2D eigenvalue weighted by Crippen LogP contribution is 2.15. The molecule has 0 aromatic heterocycles. The number of para-hydroxylation sites is 1. The van der Waals surface area contributed by atoms with E-state index in [4.69, 9.17) is 4.74 Å². The molecule has 1 unspecified atom stereocenters. The number of anilines is 1. The topological polar surface area (TPSA) is 79.5 Å². The molecule has 0 radical (unpaired) electrons. The van der Waals surface area contributed by atoms with Gasteiger partial charge in [0.25, 0.3) is 5.91 Å². The van der Waals surface area contributed by atoms with Crippen LogP contribution in [0.3, 0.4) is 0 Å². The van der Waals surface area contributed by atoms with E-state index in [1.54, 1.807) is 24.3 Å². The van der Waals surface area contributed by atoms with Crippen LogP contribution in [0, 0.1) is 0 Å². The van der Waals surface area contributed by atoms with Gasteiger partial charge in [-0.3, -0.25) is 9.59 Å². The predicted molar refractivity (Wildman–Crippen MR) is 87.6 cm³/mol. The van der Waals surface area contributed by atoms with Gasteiger partial charge in [0, 0.05) is 25.6 Å². The Hall–Kier alpha value is -1.63. The average Bonchev–Trinajstić information content (AvgIpc) is 2.49. The first-order valence-electron chi connectivity index (χ1n) is 7.19.